The van der Waals surface area contributed by atoms with Crippen molar-refractivity contribution in [2.45, 2.75) is 51.9 Å². The molecule has 1 N–H and O–H groups in total. The number of nitrogens with one attached hydrogen (secondary N) is 1. The van der Waals surface area contributed by atoms with Gasteiger partial charge in [-0.2, -0.15) is 0 Å². The molecule has 0 saturated carbocycles. The Morgan fingerprint density at radius 1 is 1.11 bits per heavy atom. The Balaban J connectivity index is 1.90. The molecule has 0 amide bonds. The zero-order valence-electron chi connectivity index (χ0n) is 12.1. The minimum atomic E-state index is 0.963. The summed E-state index contributed by atoms with van der Waals surface area (Å²) in [4.78, 5) is 11.1. The predicted molar refractivity (Wildman–Crippen MR) is 80.7 cm³/mol. The predicted octanol–water partition coefficient (Wildman–Crippen LogP) is 3.46. The number of rotatable bonds is 6. The molecule has 2 rings (SSSR count). The van der Waals surface area contributed by atoms with Gasteiger partial charge >= 0.3 is 0 Å². The molecule has 1 aromatic heterocycles. The van der Waals surface area contributed by atoms with E-state index < -0.39 is 0 Å². The lowest BCUT2D eigenvalue weighted by Crippen LogP contribution is -2.25. The van der Waals surface area contributed by atoms with Gasteiger partial charge in [-0.15, -0.1) is 0 Å². The first-order chi connectivity index (χ1) is 9.40. The molecule has 0 spiro atoms. The van der Waals surface area contributed by atoms with E-state index in [4.69, 9.17) is 0 Å². The first kappa shape index (κ1) is 14.1. The third-order valence-electron chi connectivity index (χ3n) is 3.67. The van der Waals surface area contributed by atoms with E-state index in [0.29, 0.717) is 0 Å². The van der Waals surface area contributed by atoms with Crippen molar-refractivity contribution in [3.63, 3.8) is 0 Å². The van der Waals surface area contributed by atoms with Crippen molar-refractivity contribution in [2.75, 3.05) is 29.9 Å². The van der Waals surface area contributed by atoms with Gasteiger partial charge in [0.25, 0.3) is 0 Å². The molecule has 19 heavy (non-hydrogen) atoms. The third kappa shape index (κ3) is 4.69. The molecule has 4 heteroatoms. The van der Waals surface area contributed by atoms with Gasteiger partial charge in [0.2, 0.25) is 0 Å². The Labute approximate surface area is 116 Å². The first-order valence-electron chi connectivity index (χ1n) is 7.71. The second-order valence-corrected chi connectivity index (χ2v) is 5.30. The standard InChI is InChI=1S/C15H26N4/c1-2-3-6-9-16-14-12-15(18-13-17-14)19-10-7-4-5-8-11-19/h12-13H,2-11H2,1H3,(H,16,17,18). The van der Waals surface area contributed by atoms with Gasteiger partial charge < -0.3 is 10.2 Å². The van der Waals surface area contributed by atoms with Crippen molar-refractivity contribution in [2.24, 2.45) is 0 Å². The van der Waals surface area contributed by atoms with Crippen LogP contribution < -0.4 is 10.2 Å². The van der Waals surface area contributed by atoms with Crippen molar-refractivity contribution in [1.82, 2.24) is 9.97 Å². The highest BCUT2D eigenvalue weighted by molar-refractivity contribution is 5.48. The van der Waals surface area contributed by atoms with Gasteiger partial charge in [-0.3, -0.25) is 0 Å². The molecule has 1 aliphatic heterocycles. The van der Waals surface area contributed by atoms with E-state index in [1.807, 2.05) is 0 Å². The average molecular weight is 262 g/mol. The summed E-state index contributed by atoms with van der Waals surface area (Å²) >= 11 is 0. The van der Waals surface area contributed by atoms with Crippen molar-refractivity contribution in [3.05, 3.63) is 12.4 Å². The van der Waals surface area contributed by atoms with Crippen LogP contribution in [0.2, 0.25) is 0 Å². The van der Waals surface area contributed by atoms with Crippen LogP contribution in [0.4, 0.5) is 11.6 Å². The Bertz CT molecular complexity index is 359. The molecule has 2 heterocycles. The number of hydrogen-bond acceptors (Lipinski definition) is 4. The average Bonchev–Trinajstić information content (AvgIpc) is 2.73. The fraction of sp³-hybridized carbons (Fsp3) is 0.733. The van der Waals surface area contributed by atoms with Gasteiger partial charge in [0.15, 0.2) is 0 Å². The van der Waals surface area contributed by atoms with Crippen molar-refractivity contribution in [1.29, 1.82) is 0 Å². The Morgan fingerprint density at radius 2 is 1.89 bits per heavy atom. The molecule has 106 valence electrons. The minimum Gasteiger partial charge on any atom is -0.370 e. The van der Waals surface area contributed by atoms with E-state index in [1.165, 1.54) is 44.9 Å². The van der Waals surface area contributed by atoms with E-state index >= 15 is 0 Å². The van der Waals surface area contributed by atoms with Crippen LogP contribution in [-0.2, 0) is 0 Å². The summed E-state index contributed by atoms with van der Waals surface area (Å²) in [6, 6.07) is 2.09. The molecule has 1 aromatic rings. The van der Waals surface area contributed by atoms with E-state index in [2.05, 4.69) is 33.2 Å². The number of unbranched alkanes of at least 4 members (excludes halogenated alkanes) is 2. The van der Waals surface area contributed by atoms with Crippen LogP contribution in [0.1, 0.15) is 51.9 Å². The summed E-state index contributed by atoms with van der Waals surface area (Å²) in [6.07, 6.45) is 10.7. The number of nitrogens with zero attached hydrogens (tertiary/aromatic N) is 3. The lowest BCUT2D eigenvalue weighted by Gasteiger charge is -2.21. The van der Waals surface area contributed by atoms with Crippen LogP contribution in [-0.4, -0.2) is 29.6 Å². The summed E-state index contributed by atoms with van der Waals surface area (Å²) in [7, 11) is 0. The lowest BCUT2D eigenvalue weighted by atomic mass is 10.2. The zero-order chi connectivity index (χ0) is 13.3. The first-order valence-corrected chi connectivity index (χ1v) is 7.71. The highest BCUT2D eigenvalue weighted by Gasteiger charge is 2.11. The maximum atomic E-state index is 4.42. The summed E-state index contributed by atoms with van der Waals surface area (Å²) in [5.41, 5.74) is 0. The monoisotopic (exact) mass is 262 g/mol. The summed E-state index contributed by atoms with van der Waals surface area (Å²) < 4.78 is 0. The molecule has 1 aliphatic rings. The van der Waals surface area contributed by atoms with Crippen LogP contribution in [0.5, 0.6) is 0 Å². The number of aromatic nitrogens is 2. The van der Waals surface area contributed by atoms with Crippen LogP contribution in [0.3, 0.4) is 0 Å². The molecule has 0 aromatic carbocycles. The lowest BCUT2D eigenvalue weighted by molar-refractivity contribution is 0.726. The smallest absolute Gasteiger partial charge is 0.134 e. The third-order valence-corrected chi connectivity index (χ3v) is 3.67. The van der Waals surface area contributed by atoms with Gasteiger partial charge in [0.1, 0.15) is 18.0 Å². The topological polar surface area (TPSA) is 41.0 Å². The molecule has 0 unspecified atom stereocenters. The van der Waals surface area contributed by atoms with Gasteiger partial charge in [-0.05, 0) is 19.3 Å². The quantitative estimate of drug-likeness (QED) is 0.797. The normalized spacial score (nSPS) is 16.2. The molecule has 0 aliphatic carbocycles. The second kappa shape index (κ2) is 7.97. The highest BCUT2D eigenvalue weighted by atomic mass is 15.2. The fourth-order valence-corrected chi connectivity index (χ4v) is 2.51. The largest absolute Gasteiger partial charge is 0.370 e. The van der Waals surface area contributed by atoms with Gasteiger partial charge in [0, 0.05) is 25.7 Å². The van der Waals surface area contributed by atoms with Gasteiger partial charge in [-0.25, -0.2) is 9.97 Å². The summed E-state index contributed by atoms with van der Waals surface area (Å²) in [5, 5.41) is 3.40. The molecule has 0 radical (unpaired) electrons. The summed E-state index contributed by atoms with van der Waals surface area (Å²) in [5.74, 6) is 2.04. The number of anilines is 2. The van der Waals surface area contributed by atoms with Crippen molar-refractivity contribution in [3.8, 4) is 0 Å². The minimum absolute atomic E-state index is 0.963. The fourth-order valence-electron chi connectivity index (χ4n) is 2.51. The molecule has 0 bridgehead atoms. The zero-order valence-corrected chi connectivity index (χ0v) is 12.1. The van der Waals surface area contributed by atoms with Gasteiger partial charge in [-0.1, -0.05) is 32.6 Å². The van der Waals surface area contributed by atoms with Crippen LogP contribution in [0.25, 0.3) is 0 Å². The van der Waals surface area contributed by atoms with E-state index in [9.17, 15) is 0 Å². The maximum absolute atomic E-state index is 4.42. The second-order valence-electron chi connectivity index (χ2n) is 5.30. The van der Waals surface area contributed by atoms with E-state index in [1.54, 1.807) is 6.33 Å². The van der Waals surface area contributed by atoms with Crippen molar-refractivity contribution < 1.29 is 0 Å². The molecule has 1 fully saturated rings. The Hall–Kier alpha value is -1.32. The van der Waals surface area contributed by atoms with E-state index in [-0.39, 0.29) is 0 Å². The number of hydrogen-bond donors (Lipinski definition) is 1. The van der Waals surface area contributed by atoms with Gasteiger partial charge in [0.05, 0.1) is 0 Å². The molecule has 4 nitrogen and oxygen atoms in total. The maximum Gasteiger partial charge on any atom is 0.134 e. The SMILES string of the molecule is CCCCCNc1cc(N2CCCCCC2)ncn1. The summed E-state index contributed by atoms with van der Waals surface area (Å²) in [6.45, 7) is 5.49. The molecule has 0 atom stereocenters. The van der Waals surface area contributed by atoms with Crippen molar-refractivity contribution >= 4 is 11.6 Å². The van der Waals surface area contributed by atoms with Crippen LogP contribution in [0.15, 0.2) is 12.4 Å². The van der Waals surface area contributed by atoms with Crippen LogP contribution >= 0.6 is 0 Å². The Morgan fingerprint density at radius 3 is 2.63 bits per heavy atom. The molecular weight excluding hydrogens is 236 g/mol. The molecular formula is C15H26N4. The highest BCUT2D eigenvalue weighted by Crippen LogP contribution is 2.18. The van der Waals surface area contributed by atoms with E-state index in [0.717, 1.165) is 31.3 Å². The molecule has 1 saturated heterocycles. The Kier molecular flexibility index (Phi) is 5.92. The van der Waals surface area contributed by atoms with Crippen LogP contribution in [0, 0.1) is 0 Å².